The van der Waals surface area contributed by atoms with E-state index in [-0.39, 0.29) is 13.2 Å². The molecule has 0 spiro atoms. The van der Waals surface area contributed by atoms with Gasteiger partial charge in [-0.3, -0.25) is 4.79 Å². The Labute approximate surface area is 119 Å². The number of hydrogen-bond donors (Lipinski definition) is 0. The highest BCUT2D eigenvalue weighted by molar-refractivity contribution is 5.82. The second-order valence-corrected chi connectivity index (χ2v) is 4.49. The highest BCUT2D eigenvalue weighted by atomic mass is 19.4. The highest BCUT2D eigenvalue weighted by Gasteiger charge is 2.37. The van der Waals surface area contributed by atoms with E-state index in [1.807, 2.05) is 0 Å². The Hall–Kier alpha value is -2.18. The summed E-state index contributed by atoms with van der Waals surface area (Å²) in [5.41, 5.74) is 0. The second kappa shape index (κ2) is 6.07. The Morgan fingerprint density at radius 2 is 2.05 bits per heavy atom. The van der Waals surface area contributed by atoms with E-state index in [1.54, 1.807) is 24.3 Å². The lowest BCUT2D eigenvalue weighted by molar-refractivity contribution is -0.165. The van der Waals surface area contributed by atoms with E-state index < -0.39 is 24.7 Å². The van der Waals surface area contributed by atoms with Crippen LogP contribution >= 0.6 is 0 Å². The molecule has 1 aliphatic heterocycles. The van der Waals surface area contributed by atoms with Crippen LogP contribution in [-0.2, 0) is 4.79 Å². The molecular formula is C14H14F3NO3. The molecule has 1 aliphatic rings. The number of fused-ring (bicyclic) bond motifs is 1. The summed E-state index contributed by atoms with van der Waals surface area (Å²) in [6.07, 6.45) is -4.34. The third-order valence-corrected chi connectivity index (χ3v) is 2.82. The van der Waals surface area contributed by atoms with Crippen LogP contribution < -0.4 is 9.47 Å². The number of para-hydroxylation sites is 2. The van der Waals surface area contributed by atoms with Crippen molar-refractivity contribution in [3.63, 3.8) is 0 Å². The van der Waals surface area contributed by atoms with Gasteiger partial charge in [-0.05, 0) is 12.1 Å². The molecule has 0 fully saturated rings. The maximum atomic E-state index is 12.5. The van der Waals surface area contributed by atoms with Crippen molar-refractivity contribution in [3.05, 3.63) is 36.9 Å². The summed E-state index contributed by atoms with van der Waals surface area (Å²) in [5.74, 6) is 0.0297. The lowest BCUT2D eigenvalue weighted by Crippen LogP contribution is -2.49. The zero-order valence-electron chi connectivity index (χ0n) is 11.1. The van der Waals surface area contributed by atoms with Gasteiger partial charge in [0.1, 0.15) is 13.2 Å². The summed E-state index contributed by atoms with van der Waals surface area (Å²) in [6, 6.07) is 6.67. The Morgan fingerprint density at radius 1 is 1.38 bits per heavy atom. The first-order valence-electron chi connectivity index (χ1n) is 6.25. The quantitative estimate of drug-likeness (QED) is 0.802. The summed E-state index contributed by atoms with van der Waals surface area (Å²) in [5, 5.41) is 0. The monoisotopic (exact) mass is 301 g/mol. The van der Waals surface area contributed by atoms with E-state index in [9.17, 15) is 18.0 Å². The summed E-state index contributed by atoms with van der Waals surface area (Å²) >= 11 is 0. The van der Waals surface area contributed by atoms with Crippen LogP contribution in [0.5, 0.6) is 11.5 Å². The van der Waals surface area contributed by atoms with Gasteiger partial charge in [0.15, 0.2) is 11.5 Å². The predicted octanol–water partition coefficient (Wildman–Crippen LogP) is 2.40. The van der Waals surface area contributed by atoms with Gasteiger partial charge >= 0.3 is 6.18 Å². The molecule has 1 heterocycles. The zero-order chi connectivity index (χ0) is 15.5. The molecule has 0 bridgehead atoms. The van der Waals surface area contributed by atoms with Crippen LogP contribution in [0.1, 0.15) is 0 Å². The van der Waals surface area contributed by atoms with Gasteiger partial charge in [-0.15, -0.1) is 6.58 Å². The molecule has 1 aromatic carbocycles. The Bertz CT molecular complexity index is 530. The van der Waals surface area contributed by atoms with Gasteiger partial charge in [0, 0.05) is 6.54 Å². The molecule has 0 N–H and O–H groups in total. The Kier molecular flexibility index (Phi) is 4.40. The first-order valence-corrected chi connectivity index (χ1v) is 6.25. The summed E-state index contributed by atoms with van der Waals surface area (Å²) < 4.78 is 48.2. The van der Waals surface area contributed by atoms with Crippen molar-refractivity contribution in [2.75, 3.05) is 19.7 Å². The Balaban J connectivity index is 2.09. The van der Waals surface area contributed by atoms with Gasteiger partial charge in [-0.1, -0.05) is 18.2 Å². The molecule has 7 heteroatoms. The molecule has 0 aliphatic carbocycles. The van der Waals surface area contributed by atoms with E-state index in [0.29, 0.717) is 16.4 Å². The van der Waals surface area contributed by atoms with Crippen LogP contribution in [0, 0.1) is 0 Å². The number of alkyl halides is 3. The molecule has 1 atom stereocenters. The van der Waals surface area contributed by atoms with Crippen molar-refractivity contribution in [3.8, 4) is 11.5 Å². The van der Waals surface area contributed by atoms with Crippen LogP contribution in [-0.4, -0.2) is 42.8 Å². The van der Waals surface area contributed by atoms with Gasteiger partial charge in [-0.2, -0.15) is 13.2 Å². The van der Waals surface area contributed by atoms with Crippen LogP contribution in [0.3, 0.4) is 0 Å². The highest BCUT2D eigenvalue weighted by Crippen LogP contribution is 2.31. The van der Waals surface area contributed by atoms with E-state index in [1.165, 1.54) is 6.08 Å². The first kappa shape index (κ1) is 15.2. The fourth-order valence-corrected chi connectivity index (χ4v) is 1.95. The Morgan fingerprint density at radius 3 is 2.67 bits per heavy atom. The number of hydrogen-bond acceptors (Lipinski definition) is 3. The maximum absolute atomic E-state index is 12.5. The van der Waals surface area contributed by atoms with Crippen molar-refractivity contribution in [2.24, 2.45) is 0 Å². The first-order chi connectivity index (χ1) is 9.90. The number of nitrogens with zero attached hydrogens (tertiary/aromatic N) is 1. The molecule has 0 aromatic heterocycles. The maximum Gasteiger partial charge on any atom is 0.406 e. The van der Waals surface area contributed by atoms with Crippen molar-refractivity contribution in [1.82, 2.24) is 4.90 Å². The summed E-state index contributed by atoms with van der Waals surface area (Å²) in [6.45, 7) is 1.68. The topological polar surface area (TPSA) is 38.8 Å². The van der Waals surface area contributed by atoms with Crippen LogP contribution in [0.4, 0.5) is 13.2 Å². The van der Waals surface area contributed by atoms with Crippen molar-refractivity contribution < 1.29 is 27.4 Å². The number of carbonyl (C=O) groups excluding carboxylic acids is 1. The van der Waals surface area contributed by atoms with E-state index in [2.05, 4.69) is 6.58 Å². The lowest BCUT2D eigenvalue weighted by atomic mass is 10.2. The molecule has 0 saturated heterocycles. The van der Waals surface area contributed by atoms with Crippen LogP contribution in [0.25, 0.3) is 0 Å². The SMILES string of the molecule is C=CCN(CC(F)(F)F)C(=O)[C@@H]1COc2ccccc2O1. The van der Waals surface area contributed by atoms with E-state index in [4.69, 9.17) is 9.47 Å². The van der Waals surface area contributed by atoms with Gasteiger partial charge in [-0.25, -0.2) is 0 Å². The predicted molar refractivity (Wildman–Crippen MR) is 69.2 cm³/mol. The average Bonchev–Trinajstić information content (AvgIpc) is 2.44. The number of benzene rings is 1. The number of halogens is 3. The van der Waals surface area contributed by atoms with Crippen molar-refractivity contribution >= 4 is 5.91 Å². The fraction of sp³-hybridized carbons (Fsp3) is 0.357. The summed E-state index contributed by atoms with van der Waals surface area (Å²) in [4.78, 5) is 12.8. The molecular weight excluding hydrogens is 287 g/mol. The normalized spacial score (nSPS) is 17.2. The number of rotatable bonds is 4. The zero-order valence-corrected chi connectivity index (χ0v) is 11.1. The molecule has 2 rings (SSSR count). The molecule has 4 nitrogen and oxygen atoms in total. The standard InChI is InChI=1S/C14H14F3NO3/c1-2-7-18(9-14(15,16)17)13(19)12-8-20-10-5-3-4-6-11(10)21-12/h2-6,12H,1,7-9H2/t12-/m0/s1. The smallest absolute Gasteiger partial charge is 0.406 e. The van der Waals surface area contributed by atoms with Gasteiger partial charge in [0.05, 0.1) is 0 Å². The molecule has 1 aromatic rings. The van der Waals surface area contributed by atoms with Gasteiger partial charge in [0.2, 0.25) is 6.10 Å². The minimum Gasteiger partial charge on any atom is -0.485 e. The lowest BCUT2D eigenvalue weighted by Gasteiger charge is -2.30. The number of amides is 1. The minimum atomic E-state index is -4.48. The molecule has 1 amide bonds. The molecule has 114 valence electrons. The van der Waals surface area contributed by atoms with Crippen molar-refractivity contribution in [2.45, 2.75) is 12.3 Å². The van der Waals surface area contributed by atoms with Gasteiger partial charge < -0.3 is 14.4 Å². The van der Waals surface area contributed by atoms with Crippen LogP contribution in [0.2, 0.25) is 0 Å². The average molecular weight is 301 g/mol. The van der Waals surface area contributed by atoms with E-state index in [0.717, 1.165) is 0 Å². The van der Waals surface area contributed by atoms with Gasteiger partial charge in [0.25, 0.3) is 5.91 Å². The van der Waals surface area contributed by atoms with Crippen LogP contribution in [0.15, 0.2) is 36.9 Å². The largest absolute Gasteiger partial charge is 0.485 e. The fourth-order valence-electron chi connectivity index (χ4n) is 1.95. The molecule has 0 saturated carbocycles. The third kappa shape index (κ3) is 3.90. The summed E-state index contributed by atoms with van der Waals surface area (Å²) in [7, 11) is 0. The molecule has 0 unspecified atom stereocenters. The third-order valence-electron chi connectivity index (χ3n) is 2.82. The van der Waals surface area contributed by atoms with Crippen molar-refractivity contribution in [1.29, 1.82) is 0 Å². The second-order valence-electron chi connectivity index (χ2n) is 4.49. The molecule has 21 heavy (non-hydrogen) atoms. The number of carbonyl (C=O) groups is 1. The minimum absolute atomic E-state index is 0.124. The number of ether oxygens (including phenoxy) is 2. The van der Waals surface area contributed by atoms with E-state index >= 15 is 0 Å². The molecule has 0 radical (unpaired) electrons.